The summed E-state index contributed by atoms with van der Waals surface area (Å²) in [4.78, 5) is 12.2. The number of carbonyl (C=O) groups is 1. The number of rotatable bonds is 7. The third kappa shape index (κ3) is 4.61. The second kappa shape index (κ2) is 8.16. The van der Waals surface area contributed by atoms with E-state index in [1.807, 2.05) is 48.9 Å². The fraction of sp³-hybridized carbons (Fsp3) is 0.400. The van der Waals surface area contributed by atoms with Crippen LogP contribution >= 0.6 is 0 Å². The van der Waals surface area contributed by atoms with Crippen molar-refractivity contribution in [1.82, 2.24) is 20.0 Å². The number of hydrogen-bond donors (Lipinski definition) is 1. The van der Waals surface area contributed by atoms with Gasteiger partial charge in [-0.05, 0) is 43.5 Å². The van der Waals surface area contributed by atoms with Gasteiger partial charge in [-0.15, -0.1) is 10.2 Å². The standard InChI is InChI=1S/C20H25N5O2/c1-5-25-17(12-14(4)24-25)20-23-22-19(27-20)11-10-18(26)21-16-8-6-15(7-9-16)13(2)3/h6-9,12-13H,5,10-11H2,1-4H3,(H,21,26). The molecule has 0 atom stereocenters. The highest BCUT2D eigenvalue weighted by Crippen LogP contribution is 2.20. The number of nitrogens with one attached hydrogen (secondary N) is 1. The van der Waals surface area contributed by atoms with Crippen LogP contribution in [-0.2, 0) is 17.8 Å². The maximum absolute atomic E-state index is 12.2. The third-order valence-electron chi connectivity index (χ3n) is 4.31. The summed E-state index contributed by atoms with van der Waals surface area (Å²) in [6.07, 6.45) is 0.668. The molecule has 0 fully saturated rings. The molecule has 1 aromatic carbocycles. The summed E-state index contributed by atoms with van der Waals surface area (Å²) in [6, 6.07) is 9.82. The van der Waals surface area contributed by atoms with E-state index in [4.69, 9.17) is 4.42 Å². The van der Waals surface area contributed by atoms with Gasteiger partial charge in [-0.3, -0.25) is 9.48 Å². The minimum Gasteiger partial charge on any atom is -0.419 e. The van der Waals surface area contributed by atoms with E-state index < -0.39 is 0 Å². The zero-order chi connectivity index (χ0) is 19.4. The lowest BCUT2D eigenvalue weighted by atomic mass is 10.0. The molecule has 0 saturated carbocycles. The van der Waals surface area contributed by atoms with Crippen molar-refractivity contribution >= 4 is 11.6 Å². The Bertz CT molecular complexity index is 909. The lowest BCUT2D eigenvalue weighted by Crippen LogP contribution is -2.12. The highest BCUT2D eigenvalue weighted by atomic mass is 16.4. The molecule has 3 rings (SSSR count). The Kier molecular flexibility index (Phi) is 5.69. The minimum absolute atomic E-state index is 0.0820. The average Bonchev–Trinajstić information content (AvgIpc) is 3.26. The van der Waals surface area contributed by atoms with Crippen LogP contribution in [0.15, 0.2) is 34.7 Å². The highest BCUT2D eigenvalue weighted by Gasteiger charge is 2.15. The lowest BCUT2D eigenvalue weighted by molar-refractivity contribution is -0.116. The quantitative estimate of drug-likeness (QED) is 0.683. The Morgan fingerprint density at radius 2 is 1.96 bits per heavy atom. The number of nitrogens with zero attached hydrogens (tertiary/aromatic N) is 4. The molecule has 0 aliphatic rings. The molecule has 0 aliphatic heterocycles. The normalized spacial score (nSPS) is 11.1. The topological polar surface area (TPSA) is 85.8 Å². The van der Waals surface area contributed by atoms with Crippen molar-refractivity contribution in [2.24, 2.45) is 0 Å². The Hall–Kier alpha value is -2.96. The molecule has 0 aliphatic carbocycles. The van der Waals surface area contributed by atoms with Gasteiger partial charge >= 0.3 is 0 Å². The molecule has 0 spiro atoms. The summed E-state index contributed by atoms with van der Waals surface area (Å²) >= 11 is 0. The van der Waals surface area contributed by atoms with Gasteiger partial charge in [-0.25, -0.2) is 0 Å². The molecule has 0 bridgehead atoms. The van der Waals surface area contributed by atoms with Crippen molar-refractivity contribution in [2.75, 3.05) is 5.32 Å². The zero-order valence-corrected chi connectivity index (χ0v) is 16.2. The van der Waals surface area contributed by atoms with Crippen LogP contribution in [0.1, 0.15) is 50.3 Å². The van der Waals surface area contributed by atoms with Crippen LogP contribution in [0.4, 0.5) is 5.69 Å². The summed E-state index contributed by atoms with van der Waals surface area (Å²) in [6.45, 7) is 8.93. The van der Waals surface area contributed by atoms with Crippen molar-refractivity contribution in [3.63, 3.8) is 0 Å². The molecule has 7 nitrogen and oxygen atoms in total. The van der Waals surface area contributed by atoms with Gasteiger partial charge in [0.15, 0.2) is 0 Å². The predicted molar refractivity (Wildman–Crippen MR) is 103 cm³/mol. The first-order chi connectivity index (χ1) is 13.0. The van der Waals surface area contributed by atoms with Gasteiger partial charge in [0.25, 0.3) is 5.89 Å². The van der Waals surface area contributed by atoms with Crippen molar-refractivity contribution in [1.29, 1.82) is 0 Å². The maximum atomic E-state index is 12.2. The fourth-order valence-electron chi connectivity index (χ4n) is 2.81. The Morgan fingerprint density at radius 1 is 1.22 bits per heavy atom. The third-order valence-corrected chi connectivity index (χ3v) is 4.31. The number of benzene rings is 1. The van der Waals surface area contributed by atoms with Crippen LogP contribution in [0.5, 0.6) is 0 Å². The van der Waals surface area contributed by atoms with Gasteiger partial charge < -0.3 is 9.73 Å². The molecular weight excluding hydrogens is 342 g/mol. The second-order valence-electron chi connectivity index (χ2n) is 6.81. The van der Waals surface area contributed by atoms with Crippen LogP contribution in [0.25, 0.3) is 11.6 Å². The molecule has 7 heteroatoms. The van der Waals surface area contributed by atoms with Gasteiger partial charge in [0, 0.05) is 25.1 Å². The monoisotopic (exact) mass is 367 g/mol. The van der Waals surface area contributed by atoms with Gasteiger partial charge in [0.2, 0.25) is 11.8 Å². The molecule has 0 radical (unpaired) electrons. The summed E-state index contributed by atoms with van der Waals surface area (Å²) in [5.41, 5.74) is 3.73. The molecule has 1 N–H and O–H groups in total. The van der Waals surface area contributed by atoms with Crippen LogP contribution in [0.2, 0.25) is 0 Å². The first kappa shape index (κ1) is 18.8. The van der Waals surface area contributed by atoms with E-state index in [2.05, 4.69) is 34.5 Å². The predicted octanol–water partition coefficient (Wildman–Crippen LogP) is 3.96. The minimum atomic E-state index is -0.0820. The first-order valence-electron chi connectivity index (χ1n) is 9.23. The van der Waals surface area contributed by atoms with E-state index in [-0.39, 0.29) is 12.3 Å². The average molecular weight is 367 g/mol. The summed E-state index contributed by atoms with van der Waals surface area (Å²) in [5, 5.41) is 15.4. The van der Waals surface area contributed by atoms with Gasteiger partial charge in [-0.2, -0.15) is 5.10 Å². The van der Waals surface area contributed by atoms with E-state index in [1.165, 1.54) is 5.56 Å². The summed E-state index contributed by atoms with van der Waals surface area (Å²) < 4.78 is 7.52. The molecule has 3 aromatic rings. The smallest absolute Gasteiger partial charge is 0.265 e. The van der Waals surface area contributed by atoms with Crippen molar-refractivity contribution < 1.29 is 9.21 Å². The van der Waals surface area contributed by atoms with Gasteiger partial charge in [-0.1, -0.05) is 26.0 Å². The van der Waals surface area contributed by atoms with E-state index in [9.17, 15) is 4.79 Å². The first-order valence-corrected chi connectivity index (χ1v) is 9.23. The number of anilines is 1. The second-order valence-corrected chi connectivity index (χ2v) is 6.81. The van der Waals surface area contributed by atoms with E-state index in [0.717, 1.165) is 23.6 Å². The SMILES string of the molecule is CCn1nc(C)cc1-c1nnc(CCC(=O)Nc2ccc(C(C)C)cc2)o1. The van der Waals surface area contributed by atoms with Crippen molar-refractivity contribution in [3.05, 3.63) is 47.5 Å². The van der Waals surface area contributed by atoms with Crippen molar-refractivity contribution in [3.8, 4) is 11.6 Å². The molecule has 0 saturated heterocycles. The number of hydrogen-bond acceptors (Lipinski definition) is 5. The molecule has 0 unspecified atom stereocenters. The van der Waals surface area contributed by atoms with E-state index in [0.29, 0.717) is 24.1 Å². The van der Waals surface area contributed by atoms with E-state index in [1.54, 1.807) is 0 Å². The number of carbonyl (C=O) groups excluding carboxylic acids is 1. The van der Waals surface area contributed by atoms with Crippen LogP contribution in [-0.4, -0.2) is 25.9 Å². The van der Waals surface area contributed by atoms with Gasteiger partial charge in [0.1, 0.15) is 5.69 Å². The Morgan fingerprint density at radius 3 is 2.63 bits per heavy atom. The molecule has 2 aromatic heterocycles. The van der Waals surface area contributed by atoms with Crippen LogP contribution in [0, 0.1) is 6.92 Å². The fourth-order valence-corrected chi connectivity index (χ4v) is 2.81. The highest BCUT2D eigenvalue weighted by molar-refractivity contribution is 5.90. The maximum Gasteiger partial charge on any atom is 0.265 e. The number of aryl methyl sites for hydroxylation is 3. The summed E-state index contributed by atoms with van der Waals surface area (Å²) in [5.74, 6) is 1.25. The largest absolute Gasteiger partial charge is 0.419 e. The number of amides is 1. The molecule has 2 heterocycles. The lowest BCUT2D eigenvalue weighted by Gasteiger charge is -2.08. The molecular formula is C20H25N5O2. The van der Waals surface area contributed by atoms with Gasteiger partial charge in [0.05, 0.1) is 5.69 Å². The summed E-state index contributed by atoms with van der Waals surface area (Å²) in [7, 11) is 0. The van der Waals surface area contributed by atoms with Crippen molar-refractivity contribution in [2.45, 2.75) is 53.0 Å². The molecule has 142 valence electrons. The molecule has 1 amide bonds. The number of aromatic nitrogens is 4. The van der Waals surface area contributed by atoms with Crippen LogP contribution < -0.4 is 5.32 Å². The zero-order valence-electron chi connectivity index (χ0n) is 16.2. The Balaban J connectivity index is 1.57. The Labute approximate surface area is 158 Å². The van der Waals surface area contributed by atoms with Crippen LogP contribution in [0.3, 0.4) is 0 Å². The molecule has 27 heavy (non-hydrogen) atoms. The van der Waals surface area contributed by atoms with E-state index >= 15 is 0 Å².